The van der Waals surface area contributed by atoms with E-state index in [9.17, 15) is 0 Å². The second-order valence-electron chi connectivity index (χ2n) is 2.44. The maximum Gasteiger partial charge on any atom is 0.400 e. The molecule has 0 aliphatic heterocycles. The number of oxazole rings is 1. The molecule has 0 bridgehead atoms. The lowest BCUT2D eigenvalue weighted by Crippen LogP contribution is -1.82. The topological polar surface area (TPSA) is 61.3 Å². The van der Waals surface area contributed by atoms with Gasteiger partial charge < -0.3 is 14.9 Å². The lowest BCUT2D eigenvalue weighted by Gasteiger charge is -1.97. The molecule has 1 aromatic heterocycles. The summed E-state index contributed by atoms with van der Waals surface area (Å²) in [7, 11) is 0. The van der Waals surface area contributed by atoms with Crippen molar-refractivity contribution >= 4 is 5.88 Å². The van der Waals surface area contributed by atoms with Crippen LogP contribution in [-0.4, -0.2) is 4.98 Å². The van der Waals surface area contributed by atoms with Gasteiger partial charge in [0.2, 0.25) is 5.88 Å². The van der Waals surface area contributed by atoms with Crippen molar-refractivity contribution in [1.29, 1.82) is 0 Å². The van der Waals surface area contributed by atoms with E-state index in [-0.39, 0.29) is 12.0 Å². The normalized spacial score (nSPS) is 9.85. The fourth-order valence-corrected chi connectivity index (χ4v) is 0.906. The van der Waals surface area contributed by atoms with Gasteiger partial charge in [-0.25, -0.2) is 0 Å². The third-order valence-corrected chi connectivity index (χ3v) is 1.45. The van der Waals surface area contributed by atoms with Crippen LogP contribution in [0, 0.1) is 0 Å². The average Bonchev–Trinajstić information content (AvgIpc) is 2.53. The van der Waals surface area contributed by atoms with Crippen LogP contribution in [0.3, 0.4) is 0 Å². The zero-order chi connectivity index (χ0) is 9.10. The predicted molar refractivity (Wildman–Crippen MR) is 47.4 cm³/mol. The molecule has 0 spiro atoms. The Morgan fingerprint density at radius 3 is 2.62 bits per heavy atom. The fraction of sp³-hybridized carbons (Fsp3) is 0. The SMILES string of the molecule is Nc1cnc(Oc2ccccc2)o1. The van der Waals surface area contributed by atoms with E-state index in [1.165, 1.54) is 6.20 Å². The molecule has 1 heterocycles. The van der Waals surface area contributed by atoms with Gasteiger partial charge in [0.25, 0.3) is 0 Å². The molecular formula is C9H8N2O2. The highest BCUT2D eigenvalue weighted by molar-refractivity contribution is 5.25. The standard InChI is InChI=1S/C9H8N2O2/c10-8-6-11-9(13-8)12-7-4-2-1-3-5-7/h1-6H,10H2. The van der Waals surface area contributed by atoms with Gasteiger partial charge in [-0.2, -0.15) is 4.98 Å². The van der Waals surface area contributed by atoms with E-state index in [0.29, 0.717) is 5.75 Å². The lowest BCUT2D eigenvalue weighted by atomic mass is 10.3. The van der Waals surface area contributed by atoms with Crippen LogP contribution < -0.4 is 10.5 Å². The van der Waals surface area contributed by atoms with Crippen LogP contribution in [0.25, 0.3) is 0 Å². The summed E-state index contributed by atoms with van der Waals surface area (Å²) < 4.78 is 10.2. The largest absolute Gasteiger partial charge is 0.411 e. The highest BCUT2D eigenvalue weighted by Crippen LogP contribution is 2.20. The Morgan fingerprint density at radius 1 is 1.23 bits per heavy atom. The monoisotopic (exact) mass is 176 g/mol. The maximum absolute atomic E-state index is 5.32. The molecule has 0 amide bonds. The molecule has 0 unspecified atom stereocenters. The van der Waals surface area contributed by atoms with Crippen molar-refractivity contribution in [1.82, 2.24) is 4.98 Å². The molecule has 0 saturated heterocycles. The Hall–Kier alpha value is -1.97. The quantitative estimate of drug-likeness (QED) is 0.760. The number of hydrogen-bond acceptors (Lipinski definition) is 4. The molecule has 0 aliphatic carbocycles. The van der Waals surface area contributed by atoms with E-state index < -0.39 is 0 Å². The lowest BCUT2D eigenvalue weighted by molar-refractivity contribution is 0.337. The molecular weight excluding hydrogens is 168 g/mol. The molecule has 0 saturated carbocycles. The molecule has 2 N–H and O–H groups in total. The zero-order valence-electron chi connectivity index (χ0n) is 6.81. The number of benzene rings is 1. The molecule has 0 atom stereocenters. The van der Waals surface area contributed by atoms with Crippen LogP contribution in [0.4, 0.5) is 5.88 Å². The molecule has 1 aromatic carbocycles. The van der Waals surface area contributed by atoms with Crippen molar-refractivity contribution in [3.05, 3.63) is 36.5 Å². The fourth-order valence-electron chi connectivity index (χ4n) is 0.906. The van der Waals surface area contributed by atoms with Gasteiger partial charge in [0.1, 0.15) is 5.75 Å². The second kappa shape index (κ2) is 3.18. The first kappa shape index (κ1) is 7.67. The van der Waals surface area contributed by atoms with Crippen LogP contribution in [0.1, 0.15) is 0 Å². The van der Waals surface area contributed by atoms with Crippen LogP contribution in [-0.2, 0) is 0 Å². The van der Waals surface area contributed by atoms with Crippen molar-refractivity contribution < 1.29 is 9.15 Å². The Balaban J connectivity index is 2.15. The number of nitrogens with two attached hydrogens (primary N) is 1. The molecule has 0 radical (unpaired) electrons. The minimum absolute atomic E-state index is 0.156. The number of nitrogens with zero attached hydrogens (tertiary/aromatic N) is 1. The Kier molecular flexibility index (Phi) is 1.88. The molecule has 4 heteroatoms. The van der Waals surface area contributed by atoms with Gasteiger partial charge in [0.05, 0.1) is 6.20 Å². The van der Waals surface area contributed by atoms with E-state index >= 15 is 0 Å². The number of nitrogen functional groups attached to an aromatic ring is 1. The summed E-state index contributed by atoms with van der Waals surface area (Å²) in [6.07, 6.45) is 1.56. The van der Waals surface area contributed by atoms with Crippen LogP contribution >= 0.6 is 0 Å². The van der Waals surface area contributed by atoms with Crippen molar-refractivity contribution in [3.63, 3.8) is 0 Å². The first-order valence-electron chi connectivity index (χ1n) is 3.79. The summed E-state index contributed by atoms with van der Waals surface area (Å²) in [5.41, 5.74) is 5.32. The molecule has 66 valence electrons. The molecule has 2 rings (SSSR count). The van der Waals surface area contributed by atoms with E-state index in [1.807, 2.05) is 18.2 Å². The number of ether oxygens (including phenoxy) is 1. The number of anilines is 1. The van der Waals surface area contributed by atoms with Crippen molar-refractivity contribution in [2.45, 2.75) is 0 Å². The van der Waals surface area contributed by atoms with Gasteiger partial charge in [0, 0.05) is 0 Å². The van der Waals surface area contributed by atoms with E-state index in [4.69, 9.17) is 14.9 Å². The Morgan fingerprint density at radius 2 is 2.00 bits per heavy atom. The minimum atomic E-state index is 0.156. The average molecular weight is 176 g/mol. The summed E-state index contributed by atoms with van der Waals surface area (Å²) in [6.45, 7) is 0. The summed E-state index contributed by atoms with van der Waals surface area (Å²) >= 11 is 0. The number of aromatic nitrogens is 1. The molecule has 0 fully saturated rings. The van der Waals surface area contributed by atoms with Gasteiger partial charge in [-0.15, -0.1) is 0 Å². The Bertz CT molecular complexity index is 384. The second-order valence-corrected chi connectivity index (χ2v) is 2.44. The van der Waals surface area contributed by atoms with Gasteiger partial charge in [-0.3, -0.25) is 0 Å². The number of para-hydroxylation sites is 1. The Labute approximate surface area is 75.0 Å². The summed E-state index contributed by atoms with van der Waals surface area (Å²) in [4.78, 5) is 3.80. The first-order chi connectivity index (χ1) is 6.34. The van der Waals surface area contributed by atoms with E-state index in [2.05, 4.69) is 4.98 Å². The predicted octanol–water partition coefficient (Wildman–Crippen LogP) is 2.05. The zero-order valence-corrected chi connectivity index (χ0v) is 6.81. The van der Waals surface area contributed by atoms with Crippen molar-refractivity contribution in [3.8, 4) is 11.8 Å². The first-order valence-corrected chi connectivity index (χ1v) is 3.79. The molecule has 4 nitrogen and oxygen atoms in total. The van der Waals surface area contributed by atoms with E-state index in [0.717, 1.165) is 0 Å². The van der Waals surface area contributed by atoms with Crippen molar-refractivity contribution in [2.24, 2.45) is 0 Å². The highest BCUT2D eigenvalue weighted by atomic mass is 16.6. The number of hydrogen-bond donors (Lipinski definition) is 1. The molecule has 2 aromatic rings. The molecule has 13 heavy (non-hydrogen) atoms. The van der Waals surface area contributed by atoms with E-state index in [1.54, 1.807) is 12.1 Å². The number of rotatable bonds is 2. The van der Waals surface area contributed by atoms with Crippen molar-refractivity contribution in [2.75, 3.05) is 5.73 Å². The highest BCUT2D eigenvalue weighted by Gasteiger charge is 2.02. The van der Waals surface area contributed by atoms with Gasteiger partial charge in [-0.1, -0.05) is 18.2 Å². The summed E-state index contributed by atoms with van der Waals surface area (Å²) in [5.74, 6) is 0.912. The van der Waals surface area contributed by atoms with Crippen LogP contribution in [0.15, 0.2) is 40.9 Å². The molecule has 0 aliphatic rings. The smallest absolute Gasteiger partial charge is 0.400 e. The summed E-state index contributed by atoms with van der Waals surface area (Å²) in [6, 6.07) is 9.24. The van der Waals surface area contributed by atoms with Gasteiger partial charge >= 0.3 is 6.08 Å². The maximum atomic E-state index is 5.32. The third-order valence-electron chi connectivity index (χ3n) is 1.45. The van der Waals surface area contributed by atoms with Crippen LogP contribution in [0.2, 0.25) is 0 Å². The van der Waals surface area contributed by atoms with Gasteiger partial charge in [-0.05, 0) is 12.1 Å². The van der Waals surface area contributed by atoms with Crippen LogP contribution in [0.5, 0.6) is 11.8 Å². The minimum Gasteiger partial charge on any atom is -0.411 e. The van der Waals surface area contributed by atoms with Gasteiger partial charge in [0.15, 0.2) is 0 Å². The third kappa shape index (κ3) is 1.79. The summed E-state index contributed by atoms with van der Waals surface area (Å²) in [5, 5.41) is 0.